The molecule has 24 heavy (non-hydrogen) atoms. The number of carbonyl (C=O) groups excluding carboxylic acids is 1. The number of halogens is 1. The fourth-order valence-electron chi connectivity index (χ4n) is 2.17. The van der Waals surface area contributed by atoms with E-state index in [1.807, 2.05) is 54.8 Å². The van der Waals surface area contributed by atoms with Crippen molar-refractivity contribution in [1.82, 2.24) is 0 Å². The second-order valence-electron chi connectivity index (χ2n) is 5.33. The Hall–Kier alpha value is -2.30. The van der Waals surface area contributed by atoms with Crippen LogP contribution in [0.25, 0.3) is 0 Å². The van der Waals surface area contributed by atoms with E-state index in [1.54, 1.807) is 12.1 Å². The molecule has 0 atom stereocenters. The fraction of sp³-hybridized carbons (Fsp3) is 0.105. The molecule has 1 heterocycles. The molecule has 1 amide bonds. The molecule has 1 aromatic heterocycles. The smallest absolute Gasteiger partial charge is 0.265 e. The summed E-state index contributed by atoms with van der Waals surface area (Å²) in [5.41, 5.74) is 2.66. The van der Waals surface area contributed by atoms with Gasteiger partial charge in [0.05, 0.1) is 4.88 Å². The summed E-state index contributed by atoms with van der Waals surface area (Å²) in [6.45, 7) is 2.36. The molecular formula is C19H16ClNO2S. The van der Waals surface area contributed by atoms with Crippen LogP contribution in [-0.2, 0) is 6.61 Å². The topological polar surface area (TPSA) is 38.3 Å². The molecular weight excluding hydrogens is 342 g/mol. The van der Waals surface area contributed by atoms with Crippen molar-refractivity contribution in [3.05, 3.63) is 81.0 Å². The summed E-state index contributed by atoms with van der Waals surface area (Å²) in [5, 5.41) is 5.43. The summed E-state index contributed by atoms with van der Waals surface area (Å²) < 4.78 is 5.70. The Labute approximate surface area is 149 Å². The SMILES string of the molecule is Cc1ccc(Cl)cc1NC(=O)c1cc(COc2ccccc2)cs1. The molecule has 0 aliphatic rings. The van der Waals surface area contributed by atoms with Gasteiger partial charge in [0, 0.05) is 16.3 Å². The molecule has 0 spiro atoms. The van der Waals surface area contributed by atoms with Crippen LogP contribution in [0.2, 0.25) is 5.02 Å². The maximum atomic E-state index is 12.4. The van der Waals surface area contributed by atoms with Crippen LogP contribution < -0.4 is 10.1 Å². The fourth-order valence-corrected chi connectivity index (χ4v) is 3.13. The average Bonchev–Trinajstić information content (AvgIpc) is 3.06. The molecule has 0 aliphatic heterocycles. The molecule has 0 aliphatic carbocycles. The highest BCUT2D eigenvalue weighted by Crippen LogP contribution is 2.23. The molecule has 0 saturated carbocycles. The van der Waals surface area contributed by atoms with Gasteiger partial charge in [-0.25, -0.2) is 0 Å². The number of aryl methyl sites for hydroxylation is 1. The Balaban J connectivity index is 1.64. The predicted octanol–water partition coefficient (Wildman–Crippen LogP) is 5.54. The molecule has 3 nitrogen and oxygen atoms in total. The molecule has 0 saturated heterocycles. The third-order valence-electron chi connectivity index (χ3n) is 3.47. The molecule has 0 unspecified atom stereocenters. The minimum absolute atomic E-state index is 0.142. The van der Waals surface area contributed by atoms with Gasteiger partial charge >= 0.3 is 0 Å². The van der Waals surface area contributed by atoms with Crippen LogP contribution in [0.1, 0.15) is 20.8 Å². The Kier molecular flexibility index (Phi) is 5.18. The lowest BCUT2D eigenvalue weighted by Crippen LogP contribution is -2.11. The highest BCUT2D eigenvalue weighted by atomic mass is 35.5. The Morgan fingerprint density at radius 1 is 1.17 bits per heavy atom. The number of hydrogen-bond donors (Lipinski definition) is 1. The largest absolute Gasteiger partial charge is 0.489 e. The number of amides is 1. The molecule has 3 rings (SSSR count). The first-order chi connectivity index (χ1) is 11.6. The molecule has 0 bridgehead atoms. The van der Waals surface area contributed by atoms with Crippen molar-refractivity contribution in [2.45, 2.75) is 13.5 Å². The van der Waals surface area contributed by atoms with Crippen LogP contribution in [0.4, 0.5) is 5.69 Å². The molecule has 122 valence electrons. The first-order valence-corrected chi connectivity index (χ1v) is 8.70. The van der Waals surface area contributed by atoms with Crippen LogP contribution in [0, 0.1) is 6.92 Å². The highest BCUT2D eigenvalue weighted by Gasteiger charge is 2.11. The zero-order valence-electron chi connectivity index (χ0n) is 13.1. The van der Waals surface area contributed by atoms with Crippen LogP contribution in [0.5, 0.6) is 5.75 Å². The average molecular weight is 358 g/mol. The van der Waals surface area contributed by atoms with Crippen molar-refractivity contribution in [2.24, 2.45) is 0 Å². The highest BCUT2D eigenvalue weighted by molar-refractivity contribution is 7.12. The molecule has 0 radical (unpaired) electrons. The van der Waals surface area contributed by atoms with E-state index >= 15 is 0 Å². The lowest BCUT2D eigenvalue weighted by Gasteiger charge is -2.07. The summed E-state index contributed by atoms with van der Waals surface area (Å²) in [7, 11) is 0. The quantitative estimate of drug-likeness (QED) is 0.650. The van der Waals surface area contributed by atoms with E-state index in [9.17, 15) is 4.79 Å². The first-order valence-electron chi connectivity index (χ1n) is 7.44. The van der Waals surface area contributed by atoms with Crippen molar-refractivity contribution >= 4 is 34.5 Å². The van der Waals surface area contributed by atoms with Gasteiger partial charge in [0.2, 0.25) is 0 Å². The van der Waals surface area contributed by atoms with Gasteiger partial charge in [-0.2, -0.15) is 0 Å². The summed E-state index contributed by atoms with van der Waals surface area (Å²) in [4.78, 5) is 13.0. The monoisotopic (exact) mass is 357 g/mol. The summed E-state index contributed by atoms with van der Waals surface area (Å²) in [6, 6.07) is 16.9. The van der Waals surface area contributed by atoms with E-state index in [0.717, 1.165) is 22.6 Å². The van der Waals surface area contributed by atoms with Crippen molar-refractivity contribution in [3.63, 3.8) is 0 Å². The number of para-hydroxylation sites is 1. The molecule has 1 N–H and O–H groups in total. The third-order valence-corrected chi connectivity index (χ3v) is 4.69. The maximum Gasteiger partial charge on any atom is 0.265 e. The standard InChI is InChI=1S/C19H16ClNO2S/c1-13-7-8-15(20)10-17(13)21-19(22)18-9-14(12-24-18)11-23-16-5-3-2-4-6-16/h2-10,12H,11H2,1H3,(H,21,22). The van der Waals surface area contributed by atoms with Gasteiger partial charge in [0.15, 0.2) is 0 Å². The molecule has 0 fully saturated rings. The third kappa shape index (κ3) is 4.16. The van der Waals surface area contributed by atoms with Gasteiger partial charge in [-0.1, -0.05) is 35.9 Å². The Morgan fingerprint density at radius 3 is 2.75 bits per heavy atom. The normalized spacial score (nSPS) is 10.4. The summed E-state index contributed by atoms with van der Waals surface area (Å²) >= 11 is 7.38. The van der Waals surface area contributed by atoms with Crippen molar-refractivity contribution in [2.75, 3.05) is 5.32 Å². The van der Waals surface area contributed by atoms with E-state index in [-0.39, 0.29) is 5.91 Å². The molecule has 3 aromatic rings. The lowest BCUT2D eigenvalue weighted by molar-refractivity contribution is 0.103. The predicted molar refractivity (Wildman–Crippen MR) is 99.2 cm³/mol. The van der Waals surface area contributed by atoms with Crippen molar-refractivity contribution < 1.29 is 9.53 Å². The van der Waals surface area contributed by atoms with Crippen LogP contribution >= 0.6 is 22.9 Å². The molecule has 5 heteroatoms. The number of carbonyl (C=O) groups is 1. The number of nitrogens with one attached hydrogen (secondary N) is 1. The van der Waals surface area contributed by atoms with Gasteiger partial charge in [-0.3, -0.25) is 4.79 Å². The number of anilines is 1. The Morgan fingerprint density at radius 2 is 1.96 bits per heavy atom. The van der Waals surface area contributed by atoms with E-state index in [4.69, 9.17) is 16.3 Å². The lowest BCUT2D eigenvalue weighted by atomic mass is 10.2. The number of hydrogen-bond acceptors (Lipinski definition) is 3. The second kappa shape index (κ2) is 7.51. The van der Waals surface area contributed by atoms with Gasteiger partial charge in [-0.05, 0) is 48.2 Å². The van der Waals surface area contributed by atoms with Gasteiger partial charge in [-0.15, -0.1) is 11.3 Å². The van der Waals surface area contributed by atoms with Crippen LogP contribution in [-0.4, -0.2) is 5.91 Å². The van der Waals surface area contributed by atoms with E-state index in [2.05, 4.69) is 5.32 Å². The summed E-state index contributed by atoms with van der Waals surface area (Å²) in [6.07, 6.45) is 0. The van der Waals surface area contributed by atoms with Crippen molar-refractivity contribution in [1.29, 1.82) is 0 Å². The van der Waals surface area contributed by atoms with Crippen molar-refractivity contribution in [3.8, 4) is 5.75 Å². The zero-order chi connectivity index (χ0) is 16.9. The number of thiophene rings is 1. The minimum Gasteiger partial charge on any atom is -0.489 e. The number of rotatable bonds is 5. The maximum absolute atomic E-state index is 12.4. The van der Waals surface area contributed by atoms with Crippen LogP contribution in [0.3, 0.4) is 0 Å². The van der Waals surface area contributed by atoms with E-state index in [0.29, 0.717) is 16.5 Å². The Bertz CT molecular complexity index is 846. The number of benzene rings is 2. The zero-order valence-corrected chi connectivity index (χ0v) is 14.7. The minimum atomic E-state index is -0.142. The summed E-state index contributed by atoms with van der Waals surface area (Å²) in [5.74, 6) is 0.667. The van der Waals surface area contributed by atoms with Gasteiger partial charge < -0.3 is 10.1 Å². The number of ether oxygens (including phenoxy) is 1. The first kappa shape index (κ1) is 16.6. The van der Waals surface area contributed by atoms with E-state index in [1.165, 1.54) is 11.3 Å². The second-order valence-corrected chi connectivity index (χ2v) is 6.68. The van der Waals surface area contributed by atoms with Crippen LogP contribution in [0.15, 0.2) is 60.0 Å². The van der Waals surface area contributed by atoms with Gasteiger partial charge in [0.1, 0.15) is 12.4 Å². The van der Waals surface area contributed by atoms with Gasteiger partial charge in [0.25, 0.3) is 5.91 Å². The van der Waals surface area contributed by atoms with E-state index < -0.39 is 0 Å². The molecule has 2 aromatic carbocycles.